The minimum atomic E-state index is 0.577. The van der Waals surface area contributed by atoms with Gasteiger partial charge in [0.15, 0.2) is 5.95 Å². The summed E-state index contributed by atoms with van der Waals surface area (Å²) in [5.41, 5.74) is 10.7. The molecule has 3 heteroatoms. The second-order valence-electron chi connectivity index (χ2n) is 5.13. The van der Waals surface area contributed by atoms with Gasteiger partial charge in [-0.25, -0.2) is 4.98 Å². The Morgan fingerprint density at radius 2 is 1.83 bits per heavy atom. The molecule has 1 aromatic heterocycles. The van der Waals surface area contributed by atoms with Crippen LogP contribution in [0.3, 0.4) is 0 Å². The van der Waals surface area contributed by atoms with Crippen molar-refractivity contribution in [1.82, 2.24) is 9.55 Å². The summed E-state index contributed by atoms with van der Waals surface area (Å²) in [4.78, 5) is 4.29. The van der Waals surface area contributed by atoms with Crippen LogP contribution in [0.15, 0.2) is 24.3 Å². The molecule has 0 atom stereocenters. The minimum absolute atomic E-state index is 0.577. The van der Waals surface area contributed by atoms with Crippen molar-refractivity contribution in [2.75, 3.05) is 5.73 Å². The minimum Gasteiger partial charge on any atom is -0.369 e. The fraction of sp³-hybridized carbons (Fsp3) is 0.400. The van der Waals surface area contributed by atoms with Gasteiger partial charge >= 0.3 is 0 Å². The lowest BCUT2D eigenvalue weighted by atomic mass is 10.00. The molecule has 3 nitrogen and oxygen atoms in total. The monoisotopic (exact) mass is 243 g/mol. The first-order valence-electron chi connectivity index (χ1n) is 6.35. The molecule has 0 aliphatic rings. The number of aromatic nitrogens is 2. The molecule has 18 heavy (non-hydrogen) atoms. The van der Waals surface area contributed by atoms with Crippen LogP contribution in [-0.4, -0.2) is 9.55 Å². The van der Waals surface area contributed by atoms with E-state index in [9.17, 15) is 0 Å². The number of hydrogen-bond donors (Lipinski definition) is 1. The Labute approximate surface area is 109 Å². The van der Waals surface area contributed by atoms with E-state index in [0.717, 1.165) is 12.1 Å². The Hall–Kier alpha value is -1.77. The zero-order chi connectivity index (χ0) is 13.3. The molecule has 2 aromatic rings. The van der Waals surface area contributed by atoms with Crippen molar-refractivity contribution < 1.29 is 0 Å². The number of rotatable bonds is 3. The fourth-order valence-corrected chi connectivity index (χ4v) is 2.15. The summed E-state index contributed by atoms with van der Waals surface area (Å²) in [6.07, 6.45) is 0.880. The van der Waals surface area contributed by atoms with Gasteiger partial charge in [0.05, 0.1) is 5.69 Å². The average Bonchev–Trinajstić information content (AvgIpc) is 2.57. The maximum atomic E-state index is 5.81. The number of imidazole rings is 1. The van der Waals surface area contributed by atoms with E-state index in [1.807, 2.05) is 18.5 Å². The van der Waals surface area contributed by atoms with Crippen LogP contribution < -0.4 is 5.73 Å². The number of benzene rings is 1. The molecule has 0 saturated heterocycles. The van der Waals surface area contributed by atoms with Crippen molar-refractivity contribution in [2.24, 2.45) is 7.05 Å². The summed E-state index contributed by atoms with van der Waals surface area (Å²) in [6.45, 7) is 6.43. The van der Waals surface area contributed by atoms with Crippen molar-refractivity contribution in [2.45, 2.75) is 33.1 Å². The average molecular weight is 243 g/mol. The van der Waals surface area contributed by atoms with Gasteiger partial charge in [0.1, 0.15) is 0 Å². The highest BCUT2D eigenvalue weighted by molar-refractivity contribution is 5.33. The summed E-state index contributed by atoms with van der Waals surface area (Å²) < 4.78 is 1.96. The fourth-order valence-electron chi connectivity index (χ4n) is 2.15. The van der Waals surface area contributed by atoms with Gasteiger partial charge in [0, 0.05) is 19.2 Å². The molecule has 0 aliphatic carbocycles. The van der Waals surface area contributed by atoms with E-state index in [-0.39, 0.29) is 0 Å². The van der Waals surface area contributed by atoms with Gasteiger partial charge in [0.2, 0.25) is 0 Å². The molecule has 0 saturated carbocycles. The summed E-state index contributed by atoms with van der Waals surface area (Å²) >= 11 is 0. The van der Waals surface area contributed by atoms with Gasteiger partial charge in [-0.2, -0.15) is 0 Å². The van der Waals surface area contributed by atoms with Gasteiger partial charge in [0.25, 0.3) is 0 Å². The summed E-state index contributed by atoms with van der Waals surface area (Å²) in [5, 5.41) is 0. The zero-order valence-corrected chi connectivity index (χ0v) is 11.6. The van der Waals surface area contributed by atoms with E-state index >= 15 is 0 Å². The second kappa shape index (κ2) is 4.84. The standard InChI is InChI=1S/C15H21N3/c1-10(2)13-7-5-12(6-8-13)9-14-11(3)17-15(16)18(14)4/h5-8,10H,9H2,1-4H3,(H2,16,17). The van der Waals surface area contributed by atoms with E-state index < -0.39 is 0 Å². The highest BCUT2D eigenvalue weighted by Gasteiger charge is 2.09. The predicted molar refractivity (Wildman–Crippen MR) is 75.7 cm³/mol. The molecule has 0 spiro atoms. The third-order valence-corrected chi connectivity index (χ3v) is 3.47. The number of aryl methyl sites for hydroxylation is 1. The molecule has 2 N–H and O–H groups in total. The van der Waals surface area contributed by atoms with Gasteiger partial charge in [-0.15, -0.1) is 0 Å². The largest absolute Gasteiger partial charge is 0.369 e. The smallest absolute Gasteiger partial charge is 0.200 e. The van der Waals surface area contributed by atoms with E-state index in [1.54, 1.807) is 0 Å². The molecule has 96 valence electrons. The van der Waals surface area contributed by atoms with Crippen LogP contribution in [0.1, 0.15) is 42.3 Å². The first-order chi connectivity index (χ1) is 8.49. The number of nitrogens with two attached hydrogens (primary N) is 1. The zero-order valence-electron chi connectivity index (χ0n) is 11.6. The second-order valence-corrected chi connectivity index (χ2v) is 5.13. The van der Waals surface area contributed by atoms with Crippen molar-refractivity contribution in [3.63, 3.8) is 0 Å². The van der Waals surface area contributed by atoms with E-state index in [4.69, 9.17) is 5.73 Å². The Kier molecular flexibility index (Phi) is 3.41. The van der Waals surface area contributed by atoms with Gasteiger partial charge in [-0.3, -0.25) is 0 Å². The Morgan fingerprint density at radius 3 is 2.28 bits per heavy atom. The third-order valence-electron chi connectivity index (χ3n) is 3.47. The predicted octanol–water partition coefficient (Wildman–Crippen LogP) is 3.02. The molecule has 0 bridgehead atoms. The van der Waals surface area contributed by atoms with Crippen LogP contribution in [0.4, 0.5) is 5.95 Å². The topological polar surface area (TPSA) is 43.8 Å². The highest BCUT2D eigenvalue weighted by Crippen LogP contribution is 2.19. The van der Waals surface area contributed by atoms with E-state index in [1.165, 1.54) is 16.8 Å². The Balaban J connectivity index is 2.23. The molecular weight excluding hydrogens is 222 g/mol. The van der Waals surface area contributed by atoms with E-state index in [2.05, 4.69) is 43.1 Å². The van der Waals surface area contributed by atoms with Crippen molar-refractivity contribution in [3.8, 4) is 0 Å². The van der Waals surface area contributed by atoms with Crippen LogP contribution in [0, 0.1) is 6.92 Å². The number of nitrogen functional groups attached to an aromatic ring is 1. The molecule has 2 rings (SSSR count). The highest BCUT2D eigenvalue weighted by atomic mass is 15.1. The van der Waals surface area contributed by atoms with Crippen LogP contribution in [0.25, 0.3) is 0 Å². The SMILES string of the molecule is Cc1nc(N)n(C)c1Cc1ccc(C(C)C)cc1. The van der Waals surface area contributed by atoms with Crippen molar-refractivity contribution in [3.05, 3.63) is 46.8 Å². The molecule has 0 aliphatic heterocycles. The van der Waals surface area contributed by atoms with Gasteiger partial charge < -0.3 is 10.3 Å². The first-order valence-corrected chi connectivity index (χ1v) is 6.35. The van der Waals surface area contributed by atoms with Crippen LogP contribution in [-0.2, 0) is 13.5 Å². The summed E-state index contributed by atoms with van der Waals surface area (Å²) in [5.74, 6) is 1.16. The van der Waals surface area contributed by atoms with Crippen LogP contribution in [0.5, 0.6) is 0 Å². The molecule has 0 unspecified atom stereocenters. The lowest BCUT2D eigenvalue weighted by Gasteiger charge is -2.08. The molecule has 1 heterocycles. The van der Waals surface area contributed by atoms with Crippen molar-refractivity contribution >= 4 is 5.95 Å². The van der Waals surface area contributed by atoms with Gasteiger partial charge in [-0.05, 0) is 24.0 Å². The molecule has 1 aromatic carbocycles. The Bertz CT molecular complexity index is 536. The normalized spacial score (nSPS) is 11.2. The lowest BCUT2D eigenvalue weighted by Crippen LogP contribution is -2.02. The van der Waals surface area contributed by atoms with Crippen molar-refractivity contribution in [1.29, 1.82) is 0 Å². The maximum absolute atomic E-state index is 5.81. The third kappa shape index (κ3) is 2.40. The lowest BCUT2D eigenvalue weighted by molar-refractivity contribution is 0.847. The summed E-state index contributed by atoms with van der Waals surface area (Å²) in [7, 11) is 1.97. The Morgan fingerprint density at radius 1 is 1.22 bits per heavy atom. The number of hydrogen-bond acceptors (Lipinski definition) is 2. The quantitative estimate of drug-likeness (QED) is 0.900. The van der Waals surface area contributed by atoms with Crippen LogP contribution in [0.2, 0.25) is 0 Å². The first kappa shape index (κ1) is 12.7. The van der Waals surface area contributed by atoms with Gasteiger partial charge in [-0.1, -0.05) is 38.1 Å². The molecular formula is C15H21N3. The number of anilines is 1. The summed E-state index contributed by atoms with van der Waals surface area (Å²) in [6, 6.07) is 8.79. The van der Waals surface area contributed by atoms with Crippen LogP contribution >= 0.6 is 0 Å². The molecule has 0 amide bonds. The van der Waals surface area contributed by atoms with E-state index in [0.29, 0.717) is 11.9 Å². The maximum Gasteiger partial charge on any atom is 0.200 e. The number of nitrogens with zero attached hydrogens (tertiary/aromatic N) is 2. The molecule has 0 radical (unpaired) electrons. The molecule has 0 fully saturated rings.